The maximum atomic E-state index is 10.5. The van der Waals surface area contributed by atoms with Crippen LogP contribution in [0.25, 0.3) is 0 Å². The van der Waals surface area contributed by atoms with Gasteiger partial charge < -0.3 is 9.84 Å². The third-order valence-electron chi connectivity index (χ3n) is 1.74. The lowest BCUT2D eigenvalue weighted by atomic mass is 9.90. The molecule has 3 nitrogen and oxygen atoms in total. The SMILES string of the molecule is Bc1ccc(OC)c(O)c1C=O. The Morgan fingerprint density at radius 2 is 2.25 bits per heavy atom. The number of phenols is 1. The van der Waals surface area contributed by atoms with E-state index in [1.165, 1.54) is 7.11 Å². The molecule has 0 bridgehead atoms. The number of carbonyl (C=O) groups excluding carboxylic acids is 1. The smallest absolute Gasteiger partial charge is 0.167 e. The van der Waals surface area contributed by atoms with Crippen LogP contribution < -0.4 is 10.2 Å². The number of phenolic OH excluding ortho intramolecular Hbond substituents is 1. The second-order valence-electron chi connectivity index (χ2n) is 2.46. The molecule has 0 saturated carbocycles. The van der Waals surface area contributed by atoms with E-state index < -0.39 is 0 Å². The molecule has 0 saturated heterocycles. The van der Waals surface area contributed by atoms with Gasteiger partial charge in [-0.05, 0) is 6.07 Å². The zero-order valence-electron chi connectivity index (χ0n) is 7.00. The van der Waals surface area contributed by atoms with Crippen molar-refractivity contribution in [1.29, 1.82) is 0 Å². The highest BCUT2D eigenvalue weighted by molar-refractivity contribution is 6.35. The molecule has 62 valence electrons. The minimum absolute atomic E-state index is 0.0903. The summed E-state index contributed by atoms with van der Waals surface area (Å²) >= 11 is 0. The molecule has 1 aromatic rings. The quantitative estimate of drug-likeness (QED) is 0.472. The summed E-state index contributed by atoms with van der Waals surface area (Å²) in [6.45, 7) is 0. The van der Waals surface area contributed by atoms with Crippen molar-refractivity contribution in [2.24, 2.45) is 0 Å². The predicted octanol–water partition coefficient (Wildman–Crippen LogP) is -0.528. The lowest BCUT2D eigenvalue weighted by Gasteiger charge is -2.06. The number of benzene rings is 1. The van der Waals surface area contributed by atoms with E-state index in [9.17, 15) is 9.90 Å². The van der Waals surface area contributed by atoms with Gasteiger partial charge in [0.15, 0.2) is 17.8 Å². The molecule has 4 heteroatoms. The van der Waals surface area contributed by atoms with E-state index in [-0.39, 0.29) is 11.3 Å². The topological polar surface area (TPSA) is 46.5 Å². The molecule has 0 amide bonds. The van der Waals surface area contributed by atoms with E-state index in [2.05, 4.69) is 0 Å². The maximum Gasteiger partial charge on any atom is 0.167 e. The average Bonchev–Trinajstić information content (AvgIpc) is 2.06. The van der Waals surface area contributed by atoms with Crippen LogP contribution in [0, 0.1) is 0 Å². The van der Waals surface area contributed by atoms with Crippen molar-refractivity contribution in [2.75, 3.05) is 7.11 Å². The molecule has 0 aromatic heterocycles. The third-order valence-corrected chi connectivity index (χ3v) is 1.74. The molecule has 1 aromatic carbocycles. The highest BCUT2D eigenvalue weighted by atomic mass is 16.5. The van der Waals surface area contributed by atoms with Gasteiger partial charge in [-0.2, -0.15) is 0 Å². The molecule has 0 radical (unpaired) electrons. The van der Waals surface area contributed by atoms with E-state index >= 15 is 0 Å². The van der Waals surface area contributed by atoms with Gasteiger partial charge in [0, 0.05) is 0 Å². The van der Waals surface area contributed by atoms with Crippen molar-refractivity contribution in [3.63, 3.8) is 0 Å². The van der Waals surface area contributed by atoms with Gasteiger partial charge in [-0.1, -0.05) is 11.5 Å². The van der Waals surface area contributed by atoms with Crippen LogP contribution in [0.15, 0.2) is 12.1 Å². The number of aromatic hydroxyl groups is 1. The number of hydrogen-bond donors (Lipinski definition) is 1. The Kier molecular flexibility index (Phi) is 2.38. The van der Waals surface area contributed by atoms with Crippen molar-refractivity contribution < 1.29 is 14.6 Å². The van der Waals surface area contributed by atoms with E-state index in [4.69, 9.17) is 4.74 Å². The molecule has 12 heavy (non-hydrogen) atoms. The van der Waals surface area contributed by atoms with Crippen molar-refractivity contribution >= 4 is 19.6 Å². The van der Waals surface area contributed by atoms with Crippen LogP contribution in [0.5, 0.6) is 11.5 Å². The van der Waals surface area contributed by atoms with Gasteiger partial charge in [0.2, 0.25) is 0 Å². The van der Waals surface area contributed by atoms with Gasteiger partial charge in [0.05, 0.1) is 12.7 Å². The van der Waals surface area contributed by atoms with Crippen molar-refractivity contribution in [1.82, 2.24) is 0 Å². The molecule has 1 rings (SSSR count). The van der Waals surface area contributed by atoms with E-state index in [0.717, 1.165) is 5.46 Å². The van der Waals surface area contributed by atoms with E-state index in [1.54, 1.807) is 20.0 Å². The number of methoxy groups -OCH3 is 1. The summed E-state index contributed by atoms with van der Waals surface area (Å²) < 4.78 is 4.83. The Morgan fingerprint density at radius 1 is 1.58 bits per heavy atom. The normalized spacial score (nSPS) is 9.42. The first-order valence-corrected chi connectivity index (χ1v) is 3.52. The fourth-order valence-corrected chi connectivity index (χ4v) is 1.00. The average molecular weight is 164 g/mol. The molecule has 0 spiro atoms. The van der Waals surface area contributed by atoms with Gasteiger partial charge in [-0.3, -0.25) is 4.79 Å². The minimum atomic E-state index is -0.0903. The second kappa shape index (κ2) is 3.30. The molecular weight excluding hydrogens is 155 g/mol. The lowest BCUT2D eigenvalue weighted by molar-refractivity contribution is 0.112. The van der Waals surface area contributed by atoms with Crippen LogP contribution in [-0.2, 0) is 0 Å². The van der Waals surface area contributed by atoms with Crippen molar-refractivity contribution in [3.8, 4) is 11.5 Å². The Balaban J connectivity index is 3.33. The van der Waals surface area contributed by atoms with Crippen LogP contribution in [0.3, 0.4) is 0 Å². The summed E-state index contributed by atoms with van der Waals surface area (Å²) in [6, 6.07) is 3.35. The van der Waals surface area contributed by atoms with Gasteiger partial charge in [0.1, 0.15) is 7.85 Å². The van der Waals surface area contributed by atoms with Crippen molar-refractivity contribution in [3.05, 3.63) is 17.7 Å². The Bertz CT molecular complexity index is 309. The highest BCUT2D eigenvalue weighted by Gasteiger charge is 2.08. The minimum Gasteiger partial charge on any atom is -0.504 e. The standard InChI is InChI=1S/C8H9BO3/c1-12-7-3-2-6(9)5(4-10)8(7)11/h2-4,11H,9H2,1H3. The molecule has 0 aliphatic rings. The molecule has 0 fully saturated rings. The number of ether oxygens (including phenoxy) is 1. The fourth-order valence-electron chi connectivity index (χ4n) is 1.00. The van der Waals surface area contributed by atoms with Crippen LogP contribution in [0.2, 0.25) is 0 Å². The number of aldehydes is 1. The van der Waals surface area contributed by atoms with E-state index in [1.807, 2.05) is 0 Å². The summed E-state index contributed by atoms with van der Waals surface area (Å²) in [7, 11) is 3.20. The lowest BCUT2D eigenvalue weighted by Crippen LogP contribution is -2.09. The molecule has 1 N–H and O–H groups in total. The second-order valence-corrected chi connectivity index (χ2v) is 2.46. The highest BCUT2D eigenvalue weighted by Crippen LogP contribution is 2.26. The van der Waals surface area contributed by atoms with Crippen LogP contribution in [0.4, 0.5) is 0 Å². The van der Waals surface area contributed by atoms with Gasteiger partial charge >= 0.3 is 0 Å². The third kappa shape index (κ3) is 1.28. The molecule has 0 aliphatic carbocycles. The monoisotopic (exact) mass is 164 g/mol. The van der Waals surface area contributed by atoms with Gasteiger partial charge in [0.25, 0.3) is 0 Å². The summed E-state index contributed by atoms with van der Waals surface area (Å²) in [4.78, 5) is 10.5. The van der Waals surface area contributed by atoms with Crippen LogP contribution >= 0.6 is 0 Å². The Labute approximate surface area is 71.4 Å². The number of hydrogen-bond acceptors (Lipinski definition) is 3. The number of carbonyl (C=O) groups is 1. The summed E-state index contributed by atoms with van der Waals surface area (Å²) in [5, 5.41) is 9.41. The molecule has 0 atom stereocenters. The van der Waals surface area contributed by atoms with Gasteiger partial charge in [-0.15, -0.1) is 0 Å². The number of rotatable bonds is 2. The van der Waals surface area contributed by atoms with Gasteiger partial charge in [-0.25, -0.2) is 0 Å². The van der Waals surface area contributed by atoms with Crippen LogP contribution in [0.1, 0.15) is 10.4 Å². The largest absolute Gasteiger partial charge is 0.504 e. The van der Waals surface area contributed by atoms with Crippen LogP contribution in [-0.4, -0.2) is 26.3 Å². The van der Waals surface area contributed by atoms with E-state index in [0.29, 0.717) is 12.0 Å². The first-order chi connectivity index (χ1) is 5.70. The zero-order valence-corrected chi connectivity index (χ0v) is 7.00. The molecular formula is C8H9BO3. The molecule has 0 unspecified atom stereocenters. The summed E-state index contributed by atoms with van der Waals surface area (Å²) in [6.07, 6.45) is 0.618. The zero-order chi connectivity index (χ0) is 9.14. The molecule has 0 aliphatic heterocycles. The molecule has 0 heterocycles. The predicted molar refractivity (Wildman–Crippen MR) is 48.2 cm³/mol. The first-order valence-electron chi connectivity index (χ1n) is 3.52. The first kappa shape index (κ1) is 8.65. The van der Waals surface area contributed by atoms with Crippen molar-refractivity contribution in [2.45, 2.75) is 0 Å². The summed E-state index contributed by atoms with van der Waals surface area (Å²) in [5.74, 6) is 0.232. The fraction of sp³-hybridized carbons (Fsp3) is 0.125. The Morgan fingerprint density at radius 3 is 2.75 bits per heavy atom. The summed E-state index contributed by atoms with van der Waals surface area (Å²) in [5.41, 5.74) is 1.03. The Hall–Kier alpha value is -1.45. The maximum absolute atomic E-state index is 10.5.